The van der Waals surface area contributed by atoms with Gasteiger partial charge in [-0.15, -0.1) is 0 Å². The lowest BCUT2D eigenvalue weighted by Gasteiger charge is -2.31. The Balaban J connectivity index is 2.30. The standard InChI is InChI=1S/C17H27N3O/c1-4-18-15-10-8-12-20(13(3)17(21)19-5-2)16-11-7-6-9-14(15)16/h6-7,9,11,13,15,18H,4-5,8,10,12H2,1-3H3,(H,19,21). The summed E-state index contributed by atoms with van der Waals surface area (Å²) in [7, 11) is 0. The minimum absolute atomic E-state index is 0.106. The maximum absolute atomic E-state index is 12.2. The molecule has 0 saturated carbocycles. The van der Waals surface area contributed by atoms with Crippen molar-refractivity contribution in [1.82, 2.24) is 10.6 Å². The number of carbonyl (C=O) groups excluding carboxylic acids is 1. The number of benzene rings is 1. The van der Waals surface area contributed by atoms with E-state index in [1.165, 1.54) is 11.3 Å². The molecule has 2 unspecified atom stereocenters. The summed E-state index contributed by atoms with van der Waals surface area (Å²) < 4.78 is 0. The number of nitrogens with one attached hydrogen (secondary N) is 2. The molecule has 1 amide bonds. The third kappa shape index (κ3) is 3.56. The van der Waals surface area contributed by atoms with E-state index in [1.807, 2.05) is 13.8 Å². The third-order valence-electron chi connectivity index (χ3n) is 4.16. The van der Waals surface area contributed by atoms with Gasteiger partial charge in [0.2, 0.25) is 5.91 Å². The lowest BCUT2D eigenvalue weighted by molar-refractivity contribution is -0.121. The molecule has 1 aliphatic heterocycles. The summed E-state index contributed by atoms with van der Waals surface area (Å²) in [6, 6.07) is 8.73. The molecule has 0 aromatic heterocycles. The van der Waals surface area contributed by atoms with E-state index in [1.54, 1.807) is 0 Å². The zero-order chi connectivity index (χ0) is 15.2. The van der Waals surface area contributed by atoms with Crippen molar-refractivity contribution in [1.29, 1.82) is 0 Å². The fourth-order valence-corrected chi connectivity index (χ4v) is 3.11. The second kappa shape index (κ2) is 7.46. The normalized spacial score (nSPS) is 19.6. The van der Waals surface area contributed by atoms with Crippen molar-refractivity contribution in [2.24, 2.45) is 0 Å². The maximum Gasteiger partial charge on any atom is 0.242 e. The number of anilines is 1. The summed E-state index contributed by atoms with van der Waals surface area (Å²) >= 11 is 0. The Morgan fingerprint density at radius 3 is 2.81 bits per heavy atom. The lowest BCUT2D eigenvalue weighted by Crippen LogP contribution is -2.45. The topological polar surface area (TPSA) is 44.4 Å². The van der Waals surface area contributed by atoms with E-state index < -0.39 is 0 Å². The summed E-state index contributed by atoms with van der Waals surface area (Å²) in [6.45, 7) is 8.67. The van der Waals surface area contributed by atoms with Gasteiger partial charge < -0.3 is 15.5 Å². The van der Waals surface area contributed by atoms with E-state index in [0.29, 0.717) is 12.6 Å². The van der Waals surface area contributed by atoms with Crippen molar-refractivity contribution in [3.05, 3.63) is 29.8 Å². The Bertz CT molecular complexity index is 475. The highest BCUT2D eigenvalue weighted by Gasteiger charge is 2.27. The number of carbonyl (C=O) groups is 1. The summed E-state index contributed by atoms with van der Waals surface area (Å²) in [5.74, 6) is 0.106. The SMILES string of the molecule is CCNC(=O)C(C)N1CCCC(NCC)c2ccccc21. The monoisotopic (exact) mass is 289 g/mol. The second-order valence-electron chi connectivity index (χ2n) is 5.58. The highest BCUT2D eigenvalue weighted by atomic mass is 16.2. The fraction of sp³-hybridized carbons (Fsp3) is 0.588. The van der Waals surface area contributed by atoms with Crippen molar-refractivity contribution in [3.8, 4) is 0 Å². The molecule has 0 saturated heterocycles. The van der Waals surface area contributed by atoms with Gasteiger partial charge in [0, 0.05) is 24.8 Å². The van der Waals surface area contributed by atoms with Gasteiger partial charge in [0.05, 0.1) is 0 Å². The molecular formula is C17H27N3O. The van der Waals surface area contributed by atoms with Crippen LogP contribution in [0.2, 0.25) is 0 Å². The first-order valence-electron chi connectivity index (χ1n) is 8.05. The first-order chi connectivity index (χ1) is 10.2. The number of para-hydroxylation sites is 1. The predicted octanol–water partition coefficient (Wildman–Crippen LogP) is 2.46. The molecular weight excluding hydrogens is 262 g/mol. The number of amides is 1. The Hall–Kier alpha value is -1.55. The number of likely N-dealkylation sites (N-methyl/N-ethyl adjacent to an activating group) is 1. The van der Waals surface area contributed by atoms with Crippen molar-refractivity contribution >= 4 is 11.6 Å². The predicted molar refractivity (Wildman–Crippen MR) is 87.6 cm³/mol. The van der Waals surface area contributed by atoms with E-state index in [0.717, 1.165) is 25.9 Å². The Kier molecular flexibility index (Phi) is 5.62. The van der Waals surface area contributed by atoms with Gasteiger partial charge in [-0.05, 0) is 44.9 Å². The molecule has 0 radical (unpaired) electrons. The zero-order valence-corrected chi connectivity index (χ0v) is 13.4. The summed E-state index contributed by atoms with van der Waals surface area (Å²) in [6.07, 6.45) is 2.21. The van der Waals surface area contributed by atoms with Crippen molar-refractivity contribution in [2.75, 3.05) is 24.5 Å². The third-order valence-corrected chi connectivity index (χ3v) is 4.16. The smallest absolute Gasteiger partial charge is 0.242 e. The van der Waals surface area contributed by atoms with Gasteiger partial charge in [0.25, 0.3) is 0 Å². The first kappa shape index (κ1) is 15.8. The number of fused-ring (bicyclic) bond motifs is 1. The second-order valence-corrected chi connectivity index (χ2v) is 5.58. The molecule has 21 heavy (non-hydrogen) atoms. The minimum Gasteiger partial charge on any atom is -0.360 e. The zero-order valence-electron chi connectivity index (χ0n) is 13.4. The molecule has 0 fully saturated rings. The molecule has 0 aliphatic carbocycles. The number of rotatable bonds is 5. The lowest BCUT2D eigenvalue weighted by atomic mass is 10.0. The van der Waals surface area contributed by atoms with Crippen LogP contribution in [0.4, 0.5) is 5.69 Å². The number of hydrogen-bond donors (Lipinski definition) is 2. The Morgan fingerprint density at radius 1 is 1.33 bits per heavy atom. The van der Waals surface area contributed by atoms with Crippen LogP contribution >= 0.6 is 0 Å². The average molecular weight is 289 g/mol. The van der Waals surface area contributed by atoms with Crippen LogP contribution in [0, 0.1) is 0 Å². The quantitative estimate of drug-likeness (QED) is 0.875. The van der Waals surface area contributed by atoms with Crippen LogP contribution in [-0.2, 0) is 4.79 Å². The molecule has 0 spiro atoms. The average Bonchev–Trinajstić information content (AvgIpc) is 2.67. The minimum atomic E-state index is -0.133. The van der Waals surface area contributed by atoms with Crippen LogP contribution in [0.1, 0.15) is 45.2 Å². The summed E-state index contributed by atoms with van der Waals surface area (Å²) in [4.78, 5) is 14.5. The van der Waals surface area contributed by atoms with Crippen LogP contribution < -0.4 is 15.5 Å². The molecule has 2 rings (SSSR count). The largest absolute Gasteiger partial charge is 0.360 e. The number of hydrogen-bond acceptors (Lipinski definition) is 3. The highest BCUT2D eigenvalue weighted by Crippen LogP contribution is 2.33. The van der Waals surface area contributed by atoms with Gasteiger partial charge >= 0.3 is 0 Å². The van der Waals surface area contributed by atoms with Crippen LogP contribution in [0.15, 0.2) is 24.3 Å². The molecule has 1 aromatic carbocycles. The molecule has 2 atom stereocenters. The van der Waals surface area contributed by atoms with Crippen molar-refractivity contribution in [2.45, 2.75) is 45.7 Å². The van der Waals surface area contributed by atoms with Gasteiger partial charge in [-0.3, -0.25) is 4.79 Å². The van der Waals surface area contributed by atoms with Gasteiger partial charge in [0.15, 0.2) is 0 Å². The van der Waals surface area contributed by atoms with Crippen LogP contribution in [0.3, 0.4) is 0 Å². The van der Waals surface area contributed by atoms with Crippen molar-refractivity contribution in [3.63, 3.8) is 0 Å². The Morgan fingerprint density at radius 2 is 2.10 bits per heavy atom. The van der Waals surface area contributed by atoms with Gasteiger partial charge in [0.1, 0.15) is 6.04 Å². The first-order valence-corrected chi connectivity index (χ1v) is 8.05. The van der Waals surface area contributed by atoms with E-state index in [9.17, 15) is 4.79 Å². The van der Waals surface area contributed by atoms with Gasteiger partial charge in [-0.2, -0.15) is 0 Å². The molecule has 0 bridgehead atoms. The molecule has 2 N–H and O–H groups in total. The van der Waals surface area contributed by atoms with Crippen molar-refractivity contribution < 1.29 is 4.79 Å². The van der Waals surface area contributed by atoms with Crippen LogP contribution in [-0.4, -0.2) is 31.6 Å². The molecule has 4 heteroatoms. The summed E-state index contributed by atoms with van der Waals surface area (Å²) in [5.41, 5.74) is 2.51. The fourth-order valence-electron chi connectivity index (χ4n) is 3.11. The maximum atomic E-state index is 12.2. The molecule has 1 heterocycles. The molecule has 1 aromatic rings. The van der Waals surface area contributed by atoms with E-state index >= 15 is 0 Å². The van der Waals surface area contributed by atoms with Gasteiger partial charge in [-0.1, -0.05) is 25.1 Å². The van der Waals surface area contributed by atoms with E-state index in [4.69, 9.17) is 0 Å². The Labute approximate surface area is 127 Å². The van der Waals surface area contributed by atoms with Crippen LogP contribution in [0.25, 0.3) is 0 Å². The van der Waals surface area contributed by atoms with E-state index in [2.05, 4.69) is 46.7 Å². The molecule has 116 valence electrons. The van der Waals surface area contributed by atoms with Crippen LogP contribution in [0.5, 0.6) is 0 Å². The molecule has 4 nitrogen and oxygen atoms in total. The number of nitrogens with zero attached hydrogens (tertiary/aromatic N) is 1. The van der Waals surface area contributed by atoms with Gasteiger partial charge in [-0.25, -0.2) is 0 Å². The molecule has 1 aliphatic rings. The van der Waals surface area contributed by atoms with E-state index in [-0.39, 0.29) is 11.9 Å². The summed E-state index contributed by atoms with van der Waals surface area (Å²) in [5, 5.41) is 6.50. The highest BCUT2D eigenvalue weighted by molar-refractivity contribution is 5.85.